The van der Waals surface area contributed by atoms with Gasteiger partial charge in [-0.1, -0.05) is 25.1 Å². The van der Waals surface area contributed by atoms with Crippen molar-refractivity contribution in [3.8, 4) is 0 Å². The van der Waals surface area contributed by atoms with Crippen LogP contribution in [-0.4, -0.2) is 29.5 Å². The standard InChI is InChI=1S/C21H22N4OS/c1-3-14-8-9-16-18(22-2)19(27-21(16)25-14)20(26)23-11-10-13-12-24-17-7-5-4-6-15(13)17/h4-9,12,22,24H,3,10-11H2,1-2H3,(H,23,26). The predicted molar refractivity (Wildman–Crippen MR) is 113 cm³/mol. The van der Waals surface area contributed by atoms with E-state index < -0.39 is 0 Å². The first-order valence-corrected chi connectivity index (χ1v) is 9.96. The van der Waals surface area contributed by atoms with Crippen molar-refractivity contribution < 1.29 is 4.79 Å². The van der Waals surface area contributed by atoms with Gasteiger partial charge in [0.25, 0.3) is 5.91 Å². The Hall–Kier alpha value is -2.86. The molecule has 0 aliphatic rings. The molecular formula is C21H22N4OS. The van der Waals surface area contributed by atoms with Gasteiger partial charge in [-0.15, -0.1) is 11.3 Å². The fraction of sp³-hybridized carbons (Fsp3) is 0.238. The second-order valence-corrected chi connectivity index (χ2v) is 7.43. The number of fused-ring (bicyclic) bond motifs is 2. The average molecular weight is 379 g/mol. The summed E-state index contributed by atoms with van der Waals surface area (Å²) in [6.45, 7) is 2.67. The quantitative estimate of drug-likeness (QED) is 0.467. The Bertz CT molecular complexity index is 1110. The fourth-order valence-corrected chi connectivity index (χ4v) is 4.47. The Morgan fingerprint density at radius 1 is 1.19 bits per heavy atom. The van der Waals surface area contributed by atoms with E-state index in [1.165, 1.54) is 22.3 Å². The number of nitrogens with one attached hydrogen (secondary N) is 3. The van der Waals surface area contributed by atoms with Crippen molar-refractivity contribution in [2.24, 2.45) is 0 Å². The molecule has 0 saturated carbocycles. The number of hydrogen-bond acceptors (Lipinski definition) is 4. The van der Waals surface area contributed by atoms with Gasteiger partial charge in [0, 0.05) is 41.8 Å². The van der Waals surface area contributed by atoms with Gasteiger partial charge in [-0.3, -0.25) is 4.79 Å². The molecule has 5 nitrogen and oxygen atoms in total. The molecule has 0 radical (unpaired) electrons. The monoisotopic (exact) mass is 378 g/mol. The Labute approximate surface area is 161 Å². The minimum absolute atomic E-state index is 0.0553. The normalized spacial score (nSPS) is 11.2. The molecule has 0 bridgehead atoms. The van der Waals surface area contributed by atoms with Crippen LogP contribution in [0.2, 0.25) is 0 Å². The third-order valence-corrected chi connectivity index (χ3v) is 5.88. The Morgan fingerprint density at radius 2 is 2.04 bits per heavy atom. The van der Waals surface area contributed by atoms with Gasteiger partial charge in [0.15, 0.2) is 0 Å². The summed E-state index contributed by atoms with van der Waals surface area (Å²) in [7, 11) is 1.85. The van der Waals surface area contributed by atoms with Crippen molar-refractivity contribution in [1.29, 1.82) is 0 Å². The highest BCUT2D eigenvalue weighted by molar-refractivity contribution is 7.21. The molecule has 4 rings (SSSR count). The first-order chi connectivity index (χ1) is 13.2. The third kappa shape index (κ3) is 3.28. The molecule has 0 unspecified atom stereocenters. The number of para-hydroxylation sites is 1. The van der Waals surface area contributed by atoms with E-state index in [1.54, 1.807) is 0 Å². The van der Waals surface area contributed by atoms with Crippen LogP contribution in [0.1, 0.15) is 27.9 Å². The molecule has 138 valence electrons. The molecule has 3 aromatic heterocycles. The molecule has 0 saturated heterocycles. The van der Waals surface area contributed by atoms with E-state index in [4.69, 9.17) is 0 Å². The topological polar surface area (TPSA) is 69.8 Å². The lowest BCUT2D eigenvalue weighted by molar-refractivity contribution is 0.0959. The summed E-state index contributed by atoms with van der Waals surface area (Å²) >= 11 is 1.44. The molecule has 0 aliphatic carbocycles. The maximum absolute atomic E-state index is 12.8. The Morgan fingerprint density at radius 3 is 2.85 bits per heavy atom. The van der Waals surface area contributed by atoms with Crippen LogP contribution in [0.25, 0.3) is 21.1 Å². The zero-order valence-corrected chi connectivity index (χ0v) is 16.2. The van der Waals surface area contributed by atoms with Gasteiger partial charge in [0.2, 0.25) is 0 Å². The molecule has 1 amide bonds. The number of aromatic amines is 1. The number of aromatic nitrogens is 2. The smallest absolute Gasteiger partial charge is 0.263 e. The summed E-state index contributed by atoms with van der Waals surface area (Å²) in [6, 6.07) is 12.3. The van der Waals surface area contributed by atoms with Crippen LogP contribution in [0.15, 0.2) is 42.6 Å². The minimum atomic E-state index is -0.0553. The maximum atomic E-state index is 12.8. The van der Waals surface area contributed by atoms with E-state index in [2.05, 4.69) is 39.7 Å². The van der Waals surface area contributed by atoms with E-state index in [0.717, 1.165) is 40.0 Å². The number of anilines is 1. The largest absolute Gasteiger partial charge is 0.386 e. The summed E-state index contributed by atoms with van der Waals surface area (Å²) in [5.74, 6) is -0.0553. The Kier molecular flexibility index (Phi) is 4.81. The number of pyridine rings is 1. The number of benzene rings is 1. The molecule has 3 heterocycles. The van der Waals surface area contributed by atoms with Crippen molar-refractivity contribution >= 4 is 44.1 Å². The van der Waals surface area contributed by atoms with Gasteiger partial charge in [-0.25, -0.2) is 4.98 Å². The first kappa shape index (κ1) is 17.5. The van der Waals surface area contributed by atoms with Gasteiger partial charge in [-0.05, 0) is 36.6 Å². The lowest BCUT2D eigenvalue weighted by Gasteiger charge is -2.06. The van der Waals surface area contributed by atoms with Crippen LogP contribution in [0.3, 0.4) is 0 Å². The second-order valence-electron chi connectivity index (χ2n) is 6.43. The van der Waals surface area contributed by atoms with Crippen molar-refractivity contribution in [2.45, 2.75) is 19.8 Å². The van der Waals surface area contributed by atoms with Crippen molar-refractivity contribution in [1.82, 2.24) is 15.3 Å². The summed E-state index contributed by atoms with van der Waals surface area (Å²) in [4.78, 5) is 22.3. The van der Waals surface area contributed by atoms with Gasteiger partial charge in [0.1, 0.15) is 9.71 Å². The van der Waals surface area contributed by atoms with E-state index in [1.807, 2.05) is 37.5 Å². The SMILES string of the molecule is CCc1ccc2c(NC)c(C(=O)NCCc3c[nH]c4ccccc34)sc2n1. The highest BCUT2D eigenvalue weighted by Crippen LogP contribution is 2.34. The first-order valence-electron chi connectivity index (χ1n) is 9.14. The van der Waals surface area contributed by atoms with Crippen LogP contribution >= 0.6 is 11.3 Å². The van der Waals surface area contributed by atoms with Crippen LogP contribution in [-0.2, 0) is 12.8 Å². The zero-order chi connectivity index (χ0) is 18.8. The zero-order valence-electron chi connectivity index (χ0n) is 15.4. The molecule has 4 aromatic rings. The molecule has 0 aliphatic heterocycles. The Balaban J connectivity index is 1.51. The summed E-state index contributed by atoms with van der Waals surface area (Å²) < 4.78 is 0. The number of aryl methyl sites for hydroxylation is 1. The molecule has 0 spiro atoms. The number of rotatable bonds is 6. The van der Waals surface area contributed by atoms with E-state index in [0.29, 0.717) is 11.4 Å². The number of nitrogens with zero attached hydrogens (tertiary/aromatic N) is 1. The lowest BCUT2D eigenvalue weighted by Crippen LogP contribution is -2.25. The van der Waals surface area contributed by atoms with Gasteiger partial charge >= 0.3 is 0 Å². The summed E-state index contributed by atoms with van der Waals surface area (Å²) in [6.07, 6.45) is 3.69. The number of hydrogen-bond donors (Lipinski definition) is 3. The van der Waals surface area contributed by atoms with E-state index in [-0.39, 0.29) is 5.91 Å². The predicted octanol–water partition coefficient (Wildman–Crippen LogP) is 4.35. The number of thiophene rings is 1. The van der Waals surface area contributed by atoms with Crippen LogP contribution in [0, 0.1) is 0 Å². The molecule has 6 heteroatoms. The van der Waals surface area contributed by atoms with Gasteiger partial charge < -0.3 is 15.6 Å². The maximum Gasteiger partial charge on any atom is 0.263 e. The average Bonchev–Trinajstić information content (AvgIpc) is 3.28. The molecule has 0 fully saturated rings. The minimum Gasteiger partial charge on any atom is -0.386 e. The molecule has 0 atom stereocenters. The molecular weight excluding hydrogens is 356 g/mol. The fourth-order valence-electron chi connectivity index (χ4n) is 3.35. The second kappa shape index (κ2) is 7.40. The summed E-state index contributed by atoms with van der Waals surface area (Å²) in [5.41, 5.74) is 4.23. The lowest BCUT2D eigenvalue weighted by atomic mass is 10.1. The van der Waals surface area contributed by atoms with Gasteiger partial charge in [-0.2, -0.15) is 0 Å². The van der Waals surface area contributed by atoms with Crippen molar-refractivity contribution in [3.63, 3.8) is 0 Å². The van der Waals surface area contributed by atoms with Crippen LogP contribution in [0.4, 0.5) is 5.69 Å². The van der Waals surface area contributed by atoms with E-state index in [9.17, 15) is 4.79 Å². The van der Waals surface area contributed by atoms with Gasteiger partial charge in [0.05, 0.1) is 5.69 Å². The van der Waals surface area contributed by atoms with Crippen LogP contribution < -0.4 is 10.6 Å². The molecule has 1 aromatic carbocycles. The van der Waals surface area contributed by atoms with Crippen LogP contribution in [0.5, 0.6) is 0 Å². The van der Waals surface area contributed by atoms with E-state index >= 15 is 0 Å². The summed E-state index contributed by atoms with van der Waals surface area (Å²) in [5, 5.41) is 8.44. The number of carbonyl (C=O) groups is 1. The number of H-pyrrole nitrogens is 1. The molecule has 27 heavy (non-hydrogen) atoms. The molecule has 3 N–H and O–H groups in total. The third-order valence-electron chi connectivity index (χ3n) is 4.79. The number of amides is 1. The van der Waals surface area contributed by atoms with Crippen molar-refractivity contribution in [3.05, 3.63) is 58.7 Å². The highest BCUT2D eigenvalue weighted by Gasteiger charge is 2.18. The van der Waals surface area contributed by atoms with Crippen molar-refractivity contribution in [2.75, 3.05) is 18.9 Å². The highest BCUT2D eigenvalue weighted by atomic mass is 32.1. The number of carbonyl (C=O) groups excluding carboxylic acids is 1.